The average Bonchev–Trinajstić information content (AvgIpc) is 2.56. The molecule has 0 bridgehead atoms. The van der Waals surface area contributed by atoms with Crippen LogP contribution in [0, 0.1) is 6.92 Å². The van der Waals surface area contributed by atoms with Gasteiger partial charge in [0.25, 0.3) is 5.91 Å². The molecular formula is C17H16N2O4S. The fraction of sp³-hybridized carbons (Fsp3) is 0.176. The first-order valence-corrected chi connectivity index (χ1v) is 8.75. The highest BCUT2D eigenvalue weighted by molar-refractivity contribution is 7.89. The second-order valence-electron chi connectivity index (χ2n) is 5.64. The molecule has 7 heteroatoms. The van der Waals surface area contributed by atoms with Crippen molar-refractivity contribution in [2.75, 3.05) is 12.4 Å². The fourth-order valence-electron chi connectivity index (χ4n) is 2.63. The Morgan fingerprint density at radius 1 is 1.08 bits per heavy atom. The topological polar surface area (TPSA) is 83.5 Å². The lowest BCUT2D eigenvalue weighted by Gasteiger charge is -2.30. The van der Waals surface area contributed by atoms with Gasteiger partial charge in [0.2, 0.25) is 10.0 Å². The summed E-state index contributed by atoms with van der Waals surface area (Å²) in [7, 11) is -2.66. The van der Waals surface area contributed by atoms with E-state index in [0.717, 1.165) is 9.87 Å². The zero-order valence-corrected chi connectivity index (χ0v) is 14.0. The van der Waals surface area contributed by atoms with E-state index in [1.807, 2.05) is 19.1 Å². The van der Waals surface area contributed by atoms with Crippen molar-refractivity contribution in [2.45, 2.75) is 17.9 Å². The van der Waals surface area contributed by atoms with E-state index in [9.17, 15) is 18.0 Å². The number of carbonyl (C=O) groups is 2. The van der Waals surface area contributed by atoms with Crippen LogP contribution >= 0.6 is 0 Å². The van der Waals surface area contributed by atoms with Crippen molar-refractivity contribution in [1.82, 2.24) is 4.31 Å². The van der Waals surface area contributed by atoms with Crippen molar-refractivity contribution in [3.05, 3.63) is 59.7 Å². The number of Topliss-reactive ketones (excluding diaryl/α,β-unsaturated/α-hetero) is 1. The van der Waals surface area contributed by atoms with Gasteiger partial charge in [-0.3, -0.25) is 9.59 Å². The van der Waals surface area contributed by atoms with Gasteiger partial charge in [-0.15, -0.1) is 0 Å². The number of fused-ring (bicyclic) bond motifs is 1. The van der Waals surface area contributed by atoms with E-state index in [2.05, 4.69) is 5.32 Å². The Morgan fingerprint density at radius 3 is 2.38 bits per heavy atom. The summed E-state index contributed by atoms with van der Waals surface area (Å²) in [4.78, 5) is 25.1. The monoisotopic (exact) mass is 344 g/mol. The van der Waals surface area contributed by atoms with E-state index in [4.69, 9.17) is 0 Å². The number of rotatable bonds is 2. The van der Waals surface area contributed by atoms with Crippen LogP contribution in [-0.2, 0) is 14.8 Å². The Labute approximate surface area is 140 Å². The molecule has 1 amide bonds. The standard InChI is InChI=1S/C17H16N2O4S/c1-11-7-9-12(10-8-11)18-17(21)15-16(20)13-5-3-4-6-14(13)24(22,23)19(15)2/h3-10,15H,1-2H3,(H,18,21). The van der Waals surface area contributed by atoms with E-state index < -0.39 is 27.8 Å². The third-order valence-electron chi connectivity index (χ3n) is 3.99. The Bertz CT molecular complexity index is 920. The number of nitrogens with one attached hydrogen (secondary N) is 1. The molecule has 0 saturated heterocycles. The van der Waals surface area contributed by atoms with Crippen LogP contribution in [-0.4, -0.2) is 37.5 Å². The van der Waals surface area contributed by atoms with Gasteiger partial charge in [0.05, 0.1) is 4.90 Å². The van der Waals surface area contributed by atoms with Gasteiger partial charge in [-0.2, -0.15) is 4.31 Å². The molecule has 3 rings (SSSR count). The van der Waals surface area contributed by atoms with Gasteiger partial charge in [0.15, 0.2) is 11.8 Å². The van der Waals surface area contributed by atoms with Gasteiger partial charge in [0, 0.05) is 18.3 Å². The van der Waals surface area contributed by atoms with Crippen molar-refractivity contribution >= 4 is 27.4 Å². The molecule has 2 aromatic rings. The van der Waals surface area contributed by atoms with Crippen molar-refractivity contribution in [3.8, 4) is 0 Å². The molecule has 0 saturated carbocycles. The van der Waals surface area contributed by atoms with Crippen LogP contribution in [0.5, 0.6) is 0 Å². The van der Waals surface area contributed by atoms with Crippen LogP contribution < -0.4 is 5.32 Å². The minimum atomic E-state index is -3.90. The van der Waals surface area contributed by atoms with E-state index in [0.29, 0.717) is 5.69 Å². The number of ketones is 1. The van der Waals surface area contributed by atoms with Crippen LogP contribution in [0.1, 0.15) is 15.9 Å². The molecule has 24 heavy (non-hydrogen) atoms. The highest BCUT2D eigenvalue weighted by Gasteiger charge is 2.45. The molecule has 2 aromatic carbocycles. The first-order chi connectivity index (χ1) is 11.3. The van der Waals surface area contributed by atoms with E-state index in [1.54, 1.807) is 24.3 Å². The molecule has 1 N–H and O–H groups in total. The molecule has 1 aliphatic heterocycles. The Hall–Kier alpha value is -2.51. The van der Waals surface area contributed by atoms with Crippen LogP contribution in [0.4, 0.5) is 5.69 Å². The highest BCUT2D eigenvalue weighted by atomic mass is 32.2. The van der Waals surface area contributed by atoms with E-state index in [1.165, 1.54) is 19.2 Å². The summed E-state index contributed by atoms with van der Waals surface area (Å²) in [6, 6.07) is 11.5. The van der Waals surface area contributed by atoms with Crippen molar-refractivity contribution < 1.29 is 18.0 Å². The average molecular weight is 344 g/mol. The zero-order chi connectivity index (χ0) is 17.5. The zero-order valence-electron chi connectivity index (χ0n) is 13.2. The maximum atomic E-state index is 12.6. The summed E-state index contributed by atoms with van der Waals surface area (Å²) in [5.41, 5.74) is 1.57. The van der Waals surface area contributed by atoms with Gasteiger partial charge in [-0.05, 0) is 31.2 Å². The molecule has 1 aliphatic rings. The predicted molar refractivity (Wildman–Crippen MR) is 89.3 cm³/mol. The maximum absolute atomic E-state index is 12.6. The van der Waals surface area contributed by atoms with Crippen molar-refractivity contribution in [3.63, 3.8) is 0 Å². The molecular weight excluding hydrogens is 328 g/mol. The van der Waals surface area contributed by atoms with Gasteiger partial charge >= 0.3 is 0 Å². The first kappa shape index (κ1) is 16.4. The lowest BCUT2D eigenvalue weighted by Crippen LogP contribution is -2.53. The molecule has 0 aromatic heterocycles. The predicted octanol–water partition coefficient (Wildman–Crippen LogP) is 1.82. The molecule has 0 radical (unpaired) electrons. The molecule has 0 spiro atoms. The lowest BCUT2D eigenvalue weighted by molar-refractivity contribution is -0.118. The van der Waals surface area contributed by atoms with Gasteiger partial charge in [-0.1, -0.05) is 29.8 Å². The number of likely N-dealkylation sites (N-methyl/N-ethyl adjacent to an activating group) is 1. The third kappa shape index (κ3) is 2.61. The van der Waals surface area contributed by atoms with Gasteiger partial charge in [-0.25, -0.2) is 8.42 Å². The van der Waals surface area contributed by atoms with Crippen LogP contribution in [0.25, 0.3) is 0 Å². The summed E-state index contributed by atoms with van der Waals surface area (Å²) >= 11 is 0. The molecule has 6 nitrogen and oxygen atoms in total. The smallest absolute Gasteiger partial charge is 0.250 e. The molecule has 0 aliphatic carbocycles. The second-order valence-corrected chi connectivity index (χ2v) is 7.61. The normalized spacial score (nSPS) is 19.6. The van der Waals surface area contributed by atoms with Crippen LogP contribution in [0.15, 0.2) is 53.4 Å². The first-order valence-electron chi connectivity index (χ1n) is 7.31. The Balaban J connectivity index is 1.97. The summed E-state index contributed by atoms with van der Waals surface area (Å²) in [6.45, 7) is 1.91. The molecule has 1 heterocycles. The van der Waals surface area contributed by atoms with Crippen molar-refractivity contribution in [1.29, 1.82) is 0 Å². The minimum Gasteiger partial charge on any atom is -0.324 e. The molecule has 1 unspecified atom stereocenters. The number of benzene rings is 2. The molecule has 0 fully saturated rings. The summed E-state index contributed by atoms with van der Waals surface area (Å²) in [5, 5.41) is 2.60. The molecule has 1 atom stereocenters. The fourth-order valence-corrected chi connectivity index (χ4v) is 4.11. The van der Waals surface area contributed by atoms with E-state index >= 15 is 0 Å². The van der Waals surface area contributed by atoms with Gasteiger partial charge in [0.1, 0.15) is 0 Å². The second kappa shape index (κ2) is 5.85. The lowest BCUT2D eigenvalue weighted by atomic mass is 10.0. The van der Waals surface area contributed by atoms with Crippen molar-refractivity contribution in [2.24, 2.45) is 0 Å². The number of carbonyl (C=O) groups excluding carboxylic acids is 2. The summed E-state index contributed by atoms with van der Waals surface area (Å²) in [6.07, 6.45) is 0. The number of hydrogen-bond acceptors (Lipinski definition) is 4. The number of amides is 1. The Morgan fingerprint density at radius 2 is 1.71 bits per heavy atom. The SMILES string of the molecule is Cc1ccc(NC(=O)C2C(=O)c3ccccc3S(=O)(=O)N2C)cc1. The number of nitrogens with zero attached hydrogens (tertiary/aromatic N) is 1. The summed E-state index contributed by atoms with van der Waals surface area (Å²) < 4.78 is 25.9. The largest absolute Gasteiger partial charge is 0.324 e. The maximum Gasteiger partial charge on any atom is 0.250 e. The van der Waals surface area contributed by atoms with Gasteiger partial charge < -0.3 is 5.32 Å². The number of aryl methyl sites for hydroxylation is 1. The number of anilines is 1. The quantitative estimate of drug-likeness (QED) is 0.842. The van der Waals surface area contributed by atoms with Crippen LogP contribution in [0.3, 0.4) is 0 Å². The number of hydrogen-bond donors (Lipinski definition) is 1. The highest BCUT2D eigenvalue weighted by Crippen LogP contribution is 2.29. The summed E-state index contributed by atoms with van der Waals surface area (Å²) in [5.74, 6) is -1.21. The van der Waals surface area contributed by atoms with Crippen LogP contribution in [0.2, 0.25) is 0 Å². The van der Waals surface area contributed by atoms with E-state index in [-0.39, 0.29) is 10.5 Å². The Kier molecular flexibility index (Phi) is 3.98. The molecule has 124 valence electrons. The number of sulfonamides is 1. The third-order valence-corrected chi connectivity index (χ3v) is 5.87. The minimum absolute atomic E-state index is 0.0413.